The lowest BCUT2D eigenvalue weighted by atomic mass is 10.1. The van der Waals surface area contributed by atoms with Gasteiger partial charge in [-0.3, -0.25) is 14.7 Å². The Hall–Kier alpha value is -3.85. The van der Waals surface area contributed by atoms with Crippen molar-refractivity contribution in [3.05, 3.63) is 66.0 Å². The van der Waals surface area contributed by atoms with Crippen molar-refractivity contribution in [2.24, 2.45) is 5.92 Å². The molecule has 0 unspecified atom stereocenters. The third-order valence-electron chi connectivity index (χ3n) is 7.81. The molecule has 1 saturated carbocycles. The number of anilines is 1. The minimum atomic E-state index is 0.307. The van der Waals surface area contributed by atoms with E-state index >= 15 is 0 Å². The van der Waals surface area contributed by atoms with Gasteiger partial charge >= 0.3 is 0 Å². The Balaban J connectivity index is 1.11. The summed E-state index contributed by atoms with van der Waals surface area (Å²) in [6.07, 6.45) is 6.32. The van der Waals surface area contributed by atoms with Crippen LogP contribution in [-0.2, 0) is 17.8 Å². The zero-order chi connectivity index (χ0) is 26.8. The summed E-state index contributed by atoms with van der Waals surface area (Å²) in [6.45, 7) is 10.5. The molecular weight excluding hydrogens is 488 g/mol. The van der Waals surface area contributed by atoms with Gasteiger partial charge in [0.1, 0.15) is 18.0 Å². The fourth-order valence-corrected chi connectivity index (χ4v) is 5.40. The van der Waals surface area contributed by atoms with Crippen molar-refractivity contribution >= 4 is 22.8 Å². The summed E-state index contributed by atoms with van der Waals surface area (Å²) in [5, 5.41) is 0. The maximum Gasteiger partial charge on any atom is 0.225 e. The third kappa shape index (κ3) is 5.78. The summed E-state index contributed by atoms with van der Waals surface area (Å²) in [6, 6.07) is 12.5. The number of aromatic amines is 1. The summed E-state index contributed by atoms with van der Waals surface area (Å²) in [4.78, 5) is 40.9. The van der Waals surface area contributed by atoms with Gasteiger partial charge in [-0.05, 0) is 56.5 Å². The van der Waals surface area contributed by atoms with E-state index in [1.54, 1.807) is 6.33 Å². The first-order chi connectivity index (χ1) is 19.1. The van der Waals surface area contributed by atoms with Crippen LogP contribution in [-0.4, -0.2) is 79.9 Å². The van der Waals surface area contributed by atoms with E-state index in [1.165, 1.54) is 5.56 Å². The lowest BCUT2D eigenvalue weighted by Gasteiger charge is -2.35. The minimum absolute atomic E-state index is 0.307. The molecule has 4 aromatic rings. The molecule has 6 rings (SSSR count). The highest BCUT2D eigenvalue weighted by atomic mass is 16.2. The number of H-pyrrole nitrogens is 1. The van der Waals surface area contributed by atoms with Gasteiger partial charge in [-0.25, -0.2) is 15.0 Å². The molecule has 1 aliphatic heterocycles. The zero-order valence-corrected chi connectivity index (χ0v) is 22.8. The Morgan fingerprint density at radius 3 is 2.59 bits per heavy atom. The lowest BCUT2D eigenvalue weighted by Crippen LogP contribution is -2.48. The van der Waals surface area contributed by atoms with Gasteiger partial charge in [-0.2, -0.15) is 0 Å². The van der Waals surface area contributed by atoms with Crippen molar-refractivity contribution in [1.29, 1.82) is 0 Å². The molecule has 2 fully saturated rings. The molecule has 202 valence electrons. The van der Waals surface area contributed by atoms with Crippen molar-refractivity contribution in [2.45, 2.75) is 39.7 Å². The number of piperazine rings is 1. The van der Waals surface area contributed by atoms with Gasteiger partial charge in [0.2, 0.25) is 5.91 Å². The van der Waals surface area contributed by atoms with Crippen LogP contribution in [0.4, 0.5) is 5.82 Å². The van der Waals surface area contributed by atoms with Crippen molar-refractivity contribution in [2.75, 3.05) is 44.2 Å². The van der Waals surface area contributed by atoms with E-state index < -0.39 is 0 Å². The number of carbonyl (C=O) groups is 1. The zero-order valence-electron chi connectivity index (χ0n) is 22.8. The van der Waals surface area contributed by atoms with Gasteiger partial charge in [0.05, 0.1) is 16.7 Å². The normalized spacial score (nSPS) is 16.1. The maximum absolute atomic E-state index is 12.3. The number of benzene rings is 1. The monoisotopic (exact) mass is 524 g/mol. The standard InChI is InChI=1S/C30H36N8O/c1-3-37(4-2)29-18-26(32-20-33-29)23-7-8-25-27(16-23)35-28(34-25)17-24-15-21(9-10-31-24)19-36-11-13-38(14-12-36)30(39)22-5-6-22/h7-10,15-16,18,20,22H,3-6,11-14,17,19H2,1-2H3,(H,34,35). The van der Waals surface area contributed by atoms with Crippen LogP contribution in [0.2, 0.25) is 0 Å². The van der Waals surface area contributed by atoms with Crippen LogP contribution in [0, 0.1) is 5.92 Å². The largest absolute Gasteiger partial charge is 0.357 e. The maximum atomic E-state index is 12.3. The van der Waals surface area contributed by atoms with E-state index in [2.05, 4.69) is 67.8 Å². The van der Waals surface area contributed by atoms with Gasteiger partial charge in [-0.15, -0.1) is 0 Å². The van der Waals surface area contributed by atoms with Gasteiger partial charge in [0.15, 0.2) is 0 Å². The Labute approximate surface area is 229 Å². The highest BCUT2D eigenvalue weighted by molar-refractivity contribution is 5.82. The smallest absolute Gasteiger partial charge is 0.225 e. The Morgan fingerprint density at radius 1 is 1.00 bits per heavy atom. The van der Waals surface area contributed by atoms with E-state index in [9.17, 15) is 4.79 Å². The van der Waals surface area contributed by atoms with Crippen molar-refractivity contribution in [3.8, 4) is 11.3 Å². The van der Waals surface area contributed by atoms with E-state index in [0.717, 1.165) is 98.3 Å². The van der Waals surface area contributed by atoms with Crippen LogP contribution in [0.15, 0.2) is 48.9 Å². The average molecular weight is 525 g/mol. The van der Waals surface area contributed by atoms with E-state index in [-0.39, 0.29) is 0 Å². The number of nitrogens with one attached hydrogen (secondary N) is 1. The molecule has 0 bridgehead atoms. The number of nitrogens with zero attached hydrogens (tertiary/aromatic N) is 7. The highest BCUT2D eigenvalue weighted by Gasteiger charge is 2.34. The number of amides is 1. The first-order valence-corrected chi connectivity index (χ1v) is 14.1. The second kappa shape index (κ2) is 11.1. The average Bonchev–Trinajstić information content (AvgIpc) is 3.74. The Bertz CT molecular complexity index is 1450. The molecule has 1 amide bonds. The van der Waals surface area contributed by atoms with Crippen LogP contribution in [0.25, 0.3) is 22.3 Å². The SMILES string of the molecule is CCN(CC)c1cc(-c2ccc3nc(Cc4cc(CN5CCN(C(=O)C6CC6)CC5)ccn4)[nH]c3c2)ncn1. The van der Waals surface area contributed by atoms with Crippen LogP contribution < -0.4 is 4.90 Å². The number of rotatable bonds is 9. The molecule has 1 N–H and O–H groups in total. The molecule has 4 heterocycles. The van der Waals surface area contributed by atoms with Crippen LogP contribution in [0.5, 0.6) is 0 Å². The fraction of sp³-hybridized carbons (Fsp3) is 0.433. The van der Waals surface area contributed by atoms with Crippen LogP contribution >= 0.6 is 0 Å². The first-order valence-electron chi connectivity index (χ1n) is 14.1. The van der Waals surface area contributed by atoms with Crippen molar-refractivity contribution in [3.63, 3.8) is 0 Å². The molecular formula is C30H36N8O. The molecule has 9 heteroatoms. The second-order valence-electron chi connectivity index (χ2n) is 10.6. The third-order valence-corrected chi connectivity index (χ3v) is 7.81. The molecule has 1 aliphatic carbocycles. The quantitative estimate of drug-likeness (QED) is 0.355. The van der Waals surface area contributed by atoms with E-state index in [0.29, 0.717) is 18.2 Å². The lowest BCUT2D eigenvalue weighted by molar-refractivity contribution is -0.134. The molecule has 9 nitrogen and oxygen atoms in total. The minimum Gasteiger partial charge on any atom is -0.357 e. The van der Waals surface area contributed by atoms with Crippen LogP contribution in [0.1, 0.15) is 43.8 Å². The Morgan fingerprint density at radius 2 is 1.82 bits per heavy atom. The van der Waals surface area contributed by atoms with Crippen molar-refractivity contribution in [1.82, 2.24) is 34.7 Å². The Kier molecular flexibility index (Phi) is 7.24. The highest BCUT2D eigenvalue weighted by Crippen LogP contribution is 2.31. The summed E-state index contributed by atoms with van der Waals surface area (Å²) in [7, 11) is 0. The molecule has 3 aromatic heterocycles. The number of aromatic nitrogens is 5. The predicted molar refractivity (Wildman–Crippen MR) is 152 cm³/mol. The molecule has 1 aromatic carbocycles. The molecule has 0 atom stereocenters. The van der Waals surface area contributed by atoms with Gasteiger partial charge < -0.3 is 14.8 Å². The number of hydrogen-bond acceptors (Lipinski definition) is 7. The summed E-state index contributed by atoms with van der Waals surface area (Å²) in [5.41, 5.74) is 6.09. The molecule has 2 aliphatic rings. The van der Waals surface area contributed by atoms with Gasteiger partial charge in [-0.1, -0.05) is 6.07 Å². The summed E-state index contributed by atoms with van der Waals surface area (Å²) in [5.74, 6) is 2.50. The van der Waals surface area contributed by atoms with Gasteiger partial charge in [0, 0.05) is 81.7 Å². The van der Waals surface area contributed by atoms with E-state index in [4.69, 9.17) is 4.98 Å². The number of fused-ring (bicyclic) bond motifs is 1. The number of hydrogen-bond donors (Lipinski definition) is 1. The number of carbonyl (C=O) groups excluding carboxylic acids is 1. The van der Waals surface area contributed by atoms with Crippen molar-refractivity contribution < 1.29 is 4.79 Å². The molecule has 0 radical (unpaired) electrons. The predicted octanol–water partition coefficient (Wildman–Crippen LogP) is 3.91. The summed E-state index contributed by atoms with van der Waals surface area (Å²) >= 11 is 0. The van der Waals surface area contributed by atoms with Crippen LogP contribution in [0.3, 0.4) is 0 Å². The molecule has 0 spiro atoms. The first kappa shape index (κ1) is 25.4. The van der Waals surface area contributed by atoms with E-state index in [1.807, 2.05) is 23.2 Å². The molecule has 39 heavy (non-hydrogen) atoms. The summed E-state index contributed by atoms with van der Waals surface area (Å²) < 4.78 is 0. The number of pyridine rings is 1. The second-order valence-corrected chi connectivity index (χ2v) is 10.6. The van der Waals surface area contributed by atoms with Gasteiger partial charge in [0.25, 0.3) is 0 Å². The fourth-order valence-electron chi connectivity index (χ4n) is 5.40. The molecule has 1 saturated heterocycles. The topological polar surface area (TPSA) is 94.1 Å². The number of imidazole rings is 1.